The third-order valence-electron chi connectivity index (χ3n) is 5.40. The molecule has 1 saturated heterocycles. The van der Waals surface area contributed by atoms with Crippen LogP contribution in [0.2, 0.25) is 5.02 Å². The predicted octanol–water partition coefficient (Wildman–Crippen LogP) is 2.86. The maximum Gasteiger partial charge on any atom is 0.431 e. The zero-order valence-electron chi connectivity index (χ0n) is 18.5. The van der Waals surface area contributed by atoms with Gasteiger partial charge in [-0.05, 0) is 30.9 Å². The first-order chi connectivity index (χ1) is 16.9. The van der Waals surface area contributed by atoms with Crippen LogP contribution in [0, 0.1) is 11.7 Å². The van der Waals surface area contributed by atoms with Crippen molar-refractivity contribution in [2.75, 3.05) is 18.9 Å². The molecule has 1 saturated carbocycles. The standard InChI is InChI=1S/C21H17ClF4N4O5S/c1-28-15(21(24,25)26)6-16(31)30(20(28)34)14-5-13(11(22)4-12(14)23)27-19-29(17(32)9-36-19)7-18(33)35-8-10-2-3-10/h4-6,10H,2-3,7-9H2,1H3/b27-19-. The van der Waals surface area contributed by atoms with E-state index >= 15 is 0 Å². The summed E-state index contributed by atoms with van der Waals surface area (Å²) in [5, 5.41) is -0.229. The minimum Gasteiger partial charge on any atom is -0.464 e. The molecule has 0 N–H and O–H groups in total. The van der Waals surface area contributed by atoms with E-state index in [1.54, 1.807) is 0 Å². The Morgan fingerprint density at radius 2 is 1.92 bits per heavy atom. The number of thioether (sulfide) groups is 1. The Labute approximate surface area is 209 Å². The number of ether oxygens (including phenoxy) is 1. The van der Waals surface area contributed by atoms with Gasteiger partial charge in [-0.3, -0.25) is 23.9 Å². The molecular formula is C21H17ClF4N4O5S. The van der Waals surface area contributed by atoms with E-state index < -0.39 is 53.0 Å². The van der Waals surface area contributed by atoms with E-state index in [-0.39, 0.29) is 43.4 Å². The quantitative estimate of drug-likeness (QED) is 0.406. The van der Waals surface area contributed by atoms with Gasteiger partial charge in [-0.1, -0.05) is 23.4 Å². The van der Waals surface area contributed by atoms with Crippen molar-refractivity contribution in [3.05, 3.63) is 55.6 Å². The van der Waals surface area contributed by atoms with E-state index in [9.17, 15) is 36.7 Å². The van der Waals surface area contributed by atoms with Crippen LogP contribution in [-0.2, 0) is 27.5 Å². The van der Waals surface area contributed by atoms with E-state index in [1.807, 2.05) is 0 Å². The molecule has 2 aromatic rings. The fourth-order valence-electron chi connectivity index (χ4n) is 3.31. The Balaban J connectivity index is 1.71. The normalized spacial score (nSPS) is 17.2. The monoisotopic (exact) mass is 548 g/mol. The number of benzene rings is 1. The highest BCUT2D eigenvalue weighted by Crippen LogP contribution is 2.33. The molecule has 9 nitrogen and oxygen atoms in total. The zero-order chi connectivity index (χ0) is 26.4. The molecular weight excluding hydrogens is 532 g/mol. The third kappa shape index (κ3) is 5.33. The van der Waals surface area contributed by atoms with Gasteiger partial charge in [0.2, 0.25) is 5.91 Å². The van der Waals surface area contributed by atoms with Crippen LogP contribution in [0.3, 0.4) is 0 Å². The smallest absolute Gasteiger partial charge is 0.431 e. The fraction of sp³-hybridized carbons (Fsp3) is 0.381. The van der Waals surface area contributed by atoms with Gasteiger partial charge in [0.15, 0.2) is 5.17 Å². The molecule has 1 amide bonds. The number of hydrogen-bond donors (Lipinski definition) is 0. The lowest BCUT2D eigenvalue weighted by Crippen LogP contribution is -2.41. The summed E-state index contributed by atoms with van der Waals surface area (Å²) in [6.45, 7) is -0.160. The van der Waals surface area contributed by atoms with Gasteiger partial charge in [-0.15, -0.1) is 0 Å². The molecule has 0 radical (unpaired) electrons. The summed E-state index contributed by atoms with van der Waals surface area (Å²) >= 11 is 7.04. The van der Waals surface area contributed by atoms with Crippen LogP contribution in [0.1, 0.15) is 18.5 Å². The van der Waals surface area contributed by atoms with Crippen molar-refractivity contribution in [2.24, 2.45) is 18.0 Å². The number of amides is 1. The van der Waals surface area contributed by atoms with E-state index in [4.69, 9.17) is 16.3 Å². The summed E-state index contributed by atoms with van der Waals surface area (Å²) in [4.78, 5) is 54.6. The lowest BCUT2D eigenvalue weighted by molar-refractivity contribution is -0.146. The second kappa shape index (κ2) is 9.73. The van der Waals surface area contributed by atoms with Crippen LogP contribution >= 0.6 is 23.4 Å². The first-order valence-corrected chi connectivity index (χ1v) is 11.8. The zero-order valence-corrected chi connectivity index (χ0v) is 20.0. The molecule has 4 rings (SSSR count). The molecule has 1 aliphatic heterocycles. The minimum absolute atomic E-state index is 0.0375. The molecule has 192 valence electrons. The van der Waals surface area contributed by atoms with Gasteiger partial charge in [0.25, 0.3) is 5.56 Å². The Bertz CT molecular complexity index is 1400. The highest BCUT2D eigenvalue weighted by molar-refractivity contribution is 8.15. The van der Waals surface area contributed by atoms with Gasteiger partial charge in [-0.25, -0.2) is 18.7 Å². The summed E-state index contributed by atoms with van der Waals surface area (Å²) in [5.41, 5.74) is -5.25. The maximum atomic E-state index is 14.7. The molecule has 0 bridgehead atoms. The lowest BCUT2D eigenvalue weighted by Gasteiger charge is -2.16. The molecule has 2 fully saturated rings. The van der Waals surface area contributed by atoms with Crippen molar-refractivity contribution < 1.29 is 31.9 Å². The summed E-state index contributed by atoms with van der Waals surface area (Å²) in [6.07, 6.45) is -3.05. The van der Waals surface area contributed by atoms with Gasteiger partial charge in [0.05, 0.1) is 28.8 Å². The number of carbonyl (C=O) groups is 2. The third-order valence-corrected chi connectivity index (χ3v) is 6.67. The fourth-order valence-corrected chi connectivity index (χ4v) is 4.40. The average Bonchev–Trinajstić information content (AvgIpc) is 3.56. The number of aromatic nitrogens is 2. The number of amidine groups is 1. The number of nitrogens with zero attached hydrogens (tertiary/aromatic N) is 4. The SMILES string of the molecule is Cn1c(C(F)(F)F)cc(=O)n(-c2cc(/N=C3\SCC(=O)N3CC(=O)OCC3CC3)c(Cl)cc2F)c1=O. The molecule has 0 unspecified atom stereocenters. The summed E-state index contributed by atoms with van der Waals surface area (Å²) in [7, 11) is 0.789. The first-order valence-electron chi connectivity index (χ1n) is 10.4. The maximum absolute atomic E-state index is 14.7. The van der Waals surface area contributed by atoms with Gasteiger partial charge in [0, 0.05) is 13.1 Å². The van der Waals surface area contributed by atoms with Crippen molar-refractivity contribution >= 4 is 46.1 Å². The summed E-state index contributed by atoms with van der Waals surface area (Å²) in [5.74, 6) is -1.97. The number of hydrogen-bond acceptors (Lipinski definition) is 7. The molecule has 2 heterocycles. The van der Waals surface area contributed by atoms with Gasteiger partial charge in [0.1, 0.15) is 18.1 Å². The van der Waals surface area contributed by atoms with Gasteiger partial charge in [-0.2, -0.15) is 13.2 Å². The average molecular weight is 549 g/mol. The number of carbonyl (C=O) groups excluding carboxylic acids is 2. The van der Waals surface area contributed by atoms with Gasteiger partial charge >= 0.3 is 17.8 Å². The largest absolute Gasteiger partial charge is 0.464 e. The Morgan fingerprint density at radius 3 is 2.56 bits per heavy atom. The molecule has 1 aliphatic carbocycles. The van der Waals surface area contributed by atoms with Crippen LogP contribution in [-0.4, -0.2) is 50.0 Å². The van der Waals surface area contributed by atoms with Crippen molar-refractivity contribution in [3.63, 3.8) is 0 Å². The molecule has 36 heavy (non-hydrogen) atoms. The van der Waals surface area contributed by atoms with Crippen LogP contribution in [0.25, 0.3) is 5.69 Å². The number of rotatable bonds is 6. The van der Waals surface area contributed by atoms with Crippen molar-refractivity contribution in [1.82, 2.24) is 14.0 Å². The van der Waals surface area contributed by atoms with Crippen LogP contribution < -0.4 is 11.2 Å². The molecule has 1 aromatic heterocycles. The van der Waals surface area contributed by atoms with Crippen molar-refractivity contribution in [3.8, 4) is 5.69 Å². The summed E-state index contributed by atoms with van der Waals surface area (Å²) < 4.78 is 59.6. The number of esters is 1. The highest BCUT2D eigenvalue weighted by Gasteiger charge is 2.35. The van der Waals surface area contributed by atoms with Gasteiger partial charge < -0.3 is 4.74 Å². The van der Waals surface area contributed by atoms with E-state index in [1.165, 1.54) is 0 Å². The van der Waals surface area contributed by atoms with Crippen LogP contribution in [0.4, 0.5) is 23.2 Å². The molecule has 0 atom stereocenters. The molecule has 15 heteroatoms. The Hall–Kier alpha value is -3.13. The number of halogens is 5. The van der Waals surface area contributed by atoms with Crippen molar-refractivity contribution in [1.29, 1.82) is 0 Å². The number of alkyl halides is 3. The second-order valence-electron chi connectivity index (χ2n) is 8.09. The van der Waals surface area contributed by atoms with E-state index in [0.717, 1.165) is 48.7 Å². The second-order valence-corrected chi connectivity index (χ2v) is 9.44. The first kappa shape index (κ1) is 25.9. The predicted molar refractivity (Wildman–Crippen MR) is 122 cm³/mol. The topological polar surface area (TPSA) is 103 Å². The van der Waals surface area contributed by atoms with E-state index in [2.05, 4.69) is 4.99 Å². The molecule has 1 aromatic carbocycles. The number of aliphatic imine (C=N–C) groups is 1. The Kier molecular flexibility index (Phi) is 7.01. The molecule has 2 aliphatic rings. The lowest BCUT2D eigenvalue weighted by atomic mass is 10.2. The van der Waals surface area contributed by atoms with Crippen LogP contribution in [0.5, 0.6) is 0 Å². The highest BCUT2D eigenvalue weighted by atomic mass is 35.5. The minimum atomic E-state index is -4.99. The van der Waals surface area contributed by atoms with E-state index in [0.29, 0.717) is 5.92 Å². The van der Waals surface area contributed by atoms with Crippen molar-refractivity contribution in [2.45, 2.75) is 19.0 Å². The Morgan fingerprint density at radius 1 is 1.22 bits per heavy atom. The van der Waals surface area contributed by atoms with Crippen LogP contribution in [0.15, 0.2) is 32.8 Å². The molecule has 0 spiro atoms. The summed E-state index contributed by atoms with van der Waals surface area (Å²) in [6, 6.07) is 1.80.